The van der Waals surface area contributed by atoms with E-state index in [1.165, 1.54) is 0 Å². The van der Waals surface area contributed by atoms with Crippen LogP contribution in [0, 0.1) is 11.8 Å². The molecule has 0 aromatic heterocycles. The van der Waals surface area contributed by atoms with Crippen LogP contribution in [0.25, 0.3) is 0 Å². The minimum absolute atomic E-state index is 0.170. The first-order valence-electron chi connectivity index (χ1n) is 5.83. The SMILES string of the molecule is CS(=O)CCCNC(=O)[C@@H]1CCC[C@@H]1C(=O)O. The van der Waals surface area contributed by atoms with Crippen molar-refractivity contribution in [1.29, 1.82) is 0 Å². The summed E-state index contributed by atoms with van der Waals surface area (Å²) < 4.78 is 10.8. The summed E-state index contributed by atoms with van der Waals surface area (Å²) in [4.78, 5) is 22.7. The van der Waals surface area contributed by atoms with Crippen molar-refractivity contribution < 1.29 is 18.9 Å². The van der Waals surface area contributed by atoms with Crippen LogP contribution >= 0.6 is 0 Å². The summed E-state index contributed by atoms with van der Waals surface area (Å²) in [6.07, 6.45) is 4.33. The van der Waals surface area contributed by atoms with Crippen LogP contribution in [0.4, 0.5) is 0 Å². The molecule has 1 unspecified atom stereocenters. The molecule has 2 N–H and O–H groups in total. The van der Waals surface area contributed by atoms with Gasteiger partial charge in [0, 0.05) is 29.4 Å². The summed E-state index contributed by atoms with van der Waals surface area (Å²) in [7, 11) is -0.842. The minimum atomic E-state index is -0.877. The Morgan fingerprint density at radius 2 is 2.00 bits per heavy atom. The fourth-order valence-corrected chi connectivity index (χ4v) is 2.74. The van der Waals surface area contributed by atoms with Crippen molar-refractivity contribution in [2.45, 2.75) is 25.7 Å². The predicted molar refractivity (Wildman–Crippen MR) is 65.0 cm³/mol. The maximum atomic E-state index is 11.8. The van der Waals surface area contributed by atoms with Crippen LogP contribution in [0.3, 0.4) is 0 Å². The van der Waals surface area contributed by atoms with Gasteiger partial charge in [0.05, 0.1) is 11.8 Å². The standard InChI is InChI=1S/C11H19NO4S/c1-17(16)7-3-6-12-10(13)8-4-2-5-9(8)11(14)15/h8-9H,2-7H2,1H3,(H,12,13)(H,14,15)/t8-,9+,17?/m1/s1. The van der Waals surface area contributed by atoms with E-state index in [1.54, 1.807) is 6.26 Å². The van der Waals surface area contributed by atoms with Gasteiger partial charge in [-0.1, -0.05) is 6.42 Å². The molecule has 1 aliphatic carbocycles. The average Bonchev–Trinajstić information content (AvgIpc) is 2.72. The fraction of sp³-hybridized carbons (Fsp3) is 0.818. The van der Waals surface area contributed by atoms with Crippen LogP contribution in [-0.4, -0.2) is 39.7 Å². The van der Waals surface area contributed by atoms with Crippen molar-refractivity contribution in [2.75, 3.05) is 18.6 Å². The highest BCUT2D eigenvalue weighted by atomic mass is 32.2. The average molecular weight is 261 g/mol. The van der Waals surface area contributed by atoms with E-state index in [4.69, 9.17) is 5.11 Å². The molecule has 0 aromatic rings. The first-order chi connectivity index (χ1) is 8.02. The number of carbonyl (C=O) groups is 2. The zero-order chi connectivity index (χ0) is 12.8. The van der Waals surface area contributed by atoms with E-state index in [1.807, 2.05) is 0 Å². The Morgan fingerprint density at radius 1 is 1.35 bits per heavy atom. The van der Waals surface area contributed by atoms with E-state index in [2.05, 4.69) is 5.32 Å². The highest BCUT2D eigenvalue weighted by Crippen LogP contribution is 2.31. The van der Waals surface area contributed by atoms with Crippen molar-refractivity contribution in [3.8, 4) is 0 Å². The first kappa shape index (κ1) is 14.2. The van der Waals surface area contributed by atoms with E-state index in [9.17, 15) is 13.8 Å². The molecule has 6 heteroatoms. The number of aliphatic carboxylic acids is 1. The lowest BCUT2D eigenvalue weighted by molar-refractivity contribution is -0.146. The van der Waals surface area contributed by atoms with Gasteiger partial charge in [0.2, 0.25) is 5.91 Å². The van der Waals surface area contributed by atoms with Gasteiger partial charge in [0.1, 0.15) is 0 Å². The van der Waals surface area contributed by atoms with Crippen LogP contribution in [0.1, 0.15) is 25.7 Å². The normalized spacial score (nSPS) is 25.5. The van der Waals surface area contributed by atoms with Gasteiger partial charge in [-0.15, -0.1) is 0 Å². The molecule has 0 heterocycles. The Kier molecular flexibility index (Phi) is 5.61. The number of carbonyl (C=O) groups excluding carboxylic acids is 1. The molecule has 1 aliphatic rings. The van der Waals surface area contributed by atoms with Crippen LogP contribution in [0.2, 0.25) is 0 Å². The Morgan fingerprint density at radius 3 is 2.59 bits per heavy atom. The molecule has 1 rings (SSSR count). The maximum absolute atomic E-state index is 11.8. The Hall–Kier alpha value is -0.910. The molecule has 3 atom stereocenters. The quantitative estimate of drug-likeness (QED) is 0.677. The molecule has 98 valence electrons. The zero-order valence-electron chi connectivity index (χ0n) is 9.98. The third kappa shape index (κ3) is 4.46. The minimum Gasteiger partial charge on any atom is -0.481 e. The number of carboxylic acids is 1. The van der Waals surface area contributed by atoms with E-state index >= 15 is 0 Å². The molecule has 1 saturated carbocycles. The number of nitrogens with one attached hydrogen (secondary N) is 1. The lowest BCUT2D eigenvalue weighted by atomic mass is 9.95. The number of rotatable bonds is 6. The third-order valence-electron chi connectivity index (χ3n) is 3.08. The number of carboxylic acid groups (broad SMARTS) is 1. The maximum Gasteiger partial charge on any atom is 0.307 e. The number of hydrogen-bond donors (Lipinski definition) is 2. The van der Waals surface area contributed by atoms with Crippen molar-refractivity contribution in [1.82, 2.24) is 5.32 Å². The molecule has 17 heavy (non-hydrogen) atoms. The van der Waals surface area contributed by atoms with Gasteiger partial charge in [0.25, 0.3) is 0 Å². The lowest BCUT2D eigenvalue weighted by Crippen LogP contribution is -2.36. The van der Waals surface area contributed by atoms with E-state index in [-0.39, 0.29) is 11.8 Å². The van der Waals surface area contributed by atoms with Crippen molar-refractivity contribution in [3.05, 3.63) is 0 Å². The summed E-state index contributed by atoms with van der Waals surface area (Å²) in [5, 5.41) is 11.7. The van der Waals surface area contributed by atoms with Gasteiger partial charge < -0.3 is 10.4 Å². The topological polar surface area (TPSA) is 83.5 Å². The molecule has 0 saturated heterocycles. The second-order valence-corrected chi connectivity index (χ2v) is 5.96. The van der Waals surface area contributed by atoms with Gasteiger partial charge in [-0.2, -0.15) is 0 Å². The van der Waals surface area contributed by atoms with Gasteiger partial charge >= 0.3 is 5.97 Å². The molecular formula is C11H19NO4S. The van der Waals surface area contributed by atoms with Gasteiger partial charge in [-0.3, -0.25) is 13.8 Å². The predicted octanol–water partition coefficient (Wildman–Crippen LogP) is 0.372. The molecule has 0 radical (unpaired) electrons. The van der Waals surface area contributed by atoms with Gasteiger partial charge in [-0.25, -0.2) is 0 Å². The third-order valence-corrected chi connectivity index (χ3v) is 3.94. The molecule has 0 aliphatic heterocycles. The van der Waals surface area contributed by atoms with E-state index < -0.39 is 22.7 Å². The van der Waals surface area contributed by atoms with Crippen LogP contribution in [-0.2, 0) is 20.4 Å². The van der Waals surface area contributed by atoms with Crippen molar-refractivity contribution in [2.24, 2.45) is 11.8 Å². The van der Waals surface area contributed by atoms with Gasteiger partial charge in [-0.05, 0) is 19.3 Å². The van der Waals surface area contributed by atoms with Crippen molar-refractivity contribution in [3.63, 3.8) is 0 Å². The zero-order valence-corrected chi connectivity index (χ0v) is 10.8. The molecule has 0 spiro atoms. The summed E-state index contributed by atoms with van der Waals surface area (Å²) in [6, 6.07) is 0. The summed E-state index contributed by atoms with van der Waals surface area (Å²) in [5.74, 6) is -1.41. The molecular weight excluding hydrogens is 242 g/mol. The highest BCUT2D eigenvalue weighted by molar-refractivity contribution is 7.84. The summed E-state index contributed by atoms with van der Waals surface area (Å²) in [5.41, 5.74) is 0. The van der Waals surface area contributed by atoms with Crippen LogP contribution < -0.4 is 5.32 Å². The Labute approximate surface area is 103 Å². The first-order valence-corrected chi connectivity index (χ1v) is 7.55. The highest BCUT2D eigenvalue weighted by Gasteiger charge is 2.37. The Balaban J connectivity index is 2.32. The molecule has 0 bridgehead atoms. The van der Waals surface area contributed by atoms with E-state index in [0.29, 0.717) is 31.6 Å². The number of amides is 1. The molecule has 1 fully saturated rings. The Bertz CT molecular complexity index is 319. The van der Waals surface area contributed by atoms with Crippen LogP contribution in [0.15, 0.2) is 0 Å². The smallest absolute Gasteiger partial charge is 0.307 e. The largest absolute Gasteiger partial charge is 0.481 e. The summed E-state index contributed by atoms with van der Waals surface area (Å²) in [6.45, 7) is 0.473. The molecule has 0 aromatic carbocycles. The second-order valence-electron chi connectivity index (χ2n) is 4.40. The van der Waals surface area contributed by atoms with E-state index in [0.717, 1.165) is 6.42 Å². The molecule has 1 amide bonds. The lowest BCUT2D eigenvalue weighted by Gasteiger charge is -2.15. The monoisotopic (exact) mass is 261 g/mol. The summed E-state index contributed by atoms with van der Waals surface area (Å²) >= 11 is 0. The van der Waals surface area contributed by atoms with Crippen LogP contribution in [0.5, 0.6) is 0 Å². The molecule has 5 nitrogen and oxygen atoms in total. The van der Waals surface area contributed by atoms with Crippen molar-refractivity contribution >= 4 is 22.7 Å². The fourth-order valence-electron chi connectivity index (χ4n) is 2.19. The second kappa shape index (κ2) is 6.74. The number of hydrogen-bond acceptors (Lipinski definition) is 3. The van der Waals surface area contributed by atoms with Gasteiger partial charge in [0.15, 0.2) is 0 Å².